The van der Waals surface area contributed by atoms with Gasteiger partial charge < -0.3 is 4.90 Å². The number of halogens is 1. The first kappa shape index (κ1) is 12.4. The minimum absolute atomic E-state index is 0.117. The van der Waals surface area contributed by atoms with Crippen LogP contribution in [0.25, 0.3) is 0 Å². The second-order valence-corrected chi connectivity index (χ2v) is 8.94. The molecule has 2 fully saturated rings. The zero-order valence-electron chi connectivity index (χ0n) is 12.0. The zero-order valence-corrected chi connectivity index (χ0v) is 14.2. The topological polar surface area (TPSA) is 18.8 Å². The van der Waals surface area contributed by atoms with E-state index < -0.39 is 0 Å². The molecule has 0 spiro atoms. The first-order valence-corrected chi connectivity index (χ1v) is 9.93. The average molecular weight is 391 g/mol. The fraction of sp³-hybridized carbons (Fsp3) is 0.412. The van der Waals surface area contributed by atoms with Crippen LogP contribution in [-0.4, -0.2) is 27.6 Å². The number of para-hydroxylation sites is 1. The third-order valence-corrected chi connectivity index (χ3v) is 7.98. The molecule has 4 heteroatoms. The predicted octanol–water partition coefficient (Wildman–Crippen LogP) is 3.25. The number of hydrogen-bond donors (Lipinski definition) is 0. The molecule has 1 unspecified atom stereocenters. The zero-order chi connectivity index (χ0) is 14.0. The summed E-state index contributed by atoms with van der Waals surface area (Å²) in [6, 6.07) is 8.74. The number of hydrogen-bond acceptors (Lipinski definition) is 3. The van der Waals surface area contributed by atoms with Gasteiger partial charge in [0.1, 0.15) is 5.84 Å². The number of fused-ring (bicyclic) bond motifs is 4. The molecule has 1 aromatic carbocycles. The van der Waals surface area contributed by atoms with Crippen LogP contribution in [-0.2, 0) is 0 Å². The van der Waals surface area contributed by atoms with Crippen molar-refractivity contribution in [3.63, 3.8) is 0 Å². The van der Waals surface area contributed by atoms with Crippen LogP contribution in [0.5, 0.6) is 0 Å². The van der Waals surface area contributed by atoms with Crippen LogP contribution in [0.15, 0.2) is 41.5 Å². The Kier molecular flexibility index (Phi) is 2.60. The van der Waals surface area contributed by atoms with Crippen molar-refractivity contribution in [1.29, 1.82) is 0 Å². The van der Waals surface area contributed by atoms with E-state index in [1.54, 1.807) is 0 Å². The molecule has 108 valence electrons. The highest BCUT2D eigenvalue weighted by Crippen LogP contribution is 2.53. The van der Waals surface area contributed by atoms with Crippen molar-refractivity contribution in [2.75, 3.05) is 18.0 Å². The summed E-state index contributed by atoms with van der Waals surface area (Å²) in [7, 11) is 0. The lowest BCUT2D eigenvalue weighted by Gasteiger charge is -2.26. The van der Waals surface area contributed by atoms with Crippen LogP contribution < -0.4 is 4.90 Å². The average Bonchev–Trinajstić information content (AvgIpc) is 2.88. The van der Waals surface area contributed by atoms with E-state index in [2.05, 4.69) is 53.3 Å². The number of piperidine rings is 1. The molecule has 3 aliphatic heterocycles. The second kappa shape index (κ2) is 4.41. The number of rotatable bonds is 1. The van der Waals surface area contributed by atoms with E-state index in [0.717, 1.165) is 17.8 Å². The van der Waals surface area contributed by atoms with Gasteiger partial charge in [-0.15, -0.1) is 0 Å². The van der Waals surface area contributed by atoms with Crippen molar-refractivity contribution < 1.29 is 0 Å². The van der Waals surface area contributed by atoms with E-state index in [1.165, 1.54) is 38.4 Å². The van der Waals surface area contributed by atoms with Crippen molar-refractivity contribution in [1.82, 2.24) is 4.90 Å². The molecule has 1 saturated heterocycles. The summed E-state index contributed by atoms with van der Waals surface area (Å²) in [6.07, 6.45) is 5.79. The van der Waals surface area contributed by atoms with Gasteiger partial charge in [0.15, 0.2) is 3.76 Å². The SMILES string of the molecule is CCC1[C@H]2CN(C3=NC4=Ic5ccccc5N4C=C3)C[C@@H]12. The highest BCUT2D eigenvalue weighted by atomic mass is 127. The molecule has 3 atom stereocenters. The number of anilines is 1. The van der Waals surface area contributed by atoms with Gasteiger partial charge >= 0.3 is 0 Å². The molecule has 0 aromatic heterocycles. The molecule has 3 nitrogen and oxygen atoms in total. The van der Waals surface area contributed by atoms with E-state index in [4.69, 9.17) is 4.99 Å². The van der Waals surface area contributed by atoms with Crippen LogP contribution in [0.1, 0.15) is 13.3 Å². The maximum atomic E-state index is 4.99. The second-order valence-electron chi connectivity index (χ2n) is 6.28. The highest BCUT2D eigenvalue weighted by Gasteiger charge is 2.54. The predicted molar refractivity (Wildman–Crippen MR) is 95.6 cm³/mol. The molecular weight excluding hydrogens is 373 g/mol. The summed E-state index contributed by atoms with van der Waals surface area (Å²) >= 11 is -0.117. The van der Waals surface area contributed by atoms with Crippen LogP contribution in [0.3, 0.4) is 0 Å². The van der Waals surface area contributed by atoms with Gasteiger partial charge in [0, 0.05) is 22.9 Å². The Bertz CT molecular complexity index is 694. The minimum atomic E-state index is -0.117. The van der Waals surface area contributed by atoms with Crippen molar-refractivity contribution >= 4 is 36.0 Å². The van der Waals surface area contributed by atoms with Gasteiger partial charge in [-0.1, -0.05) is 25.5 Å². The van der Waals surface area contributed by atoms with Gasteiger partial charge in [-0.05, 0) is 56.7 Å². The lowest BCUT2D eigenvalue weighted by molar-refractivity contribution is 0.416. The maximum absolute atomic E-state index is 4.99. The lowest BCUT2D eigenvalue weighted by atomic mass is 10.2. The van der Waals surface area contributed by atoms with E-state index in [-0.39, 0.29) is 20.7 Å². The van der Waals surface area contributed by atoms with Gasteiger partial charge in [0.05, 0.1) is 5.69 Å². The molecule has 0 radical (unpaired) electrons. The quantitative estimate of drug-likeness (QED) is 0.685. The molecule has 1 saturated carbocycles. The number of benzene rings is 1. The van der Waals surface area contributed by atoms with Crippen molar-refractivity contribution in [2.24, 2.45) is 22.7 Å². The van der Waals surface area contributed by atoms with Gasteiger partial charge in [-0.3, -0.25) is 4.90 Å². The van der Waals surface area contributed by atoms with E-state index in [9.17, 15) is 0 Å². The Morgan fingerprint density at radius 2 is 2.05 bits per heavy atom. The lowest BCUT2D eigenvalue weighted by Crippen LogP contribution is -2.35. The summed E-state index contributed by atoms with van der Waals surface area (Å²) in [6.45, 7) is 4.79. The molecule has 0 amide bonds. The van der Waals surface area contributed by atoms with Gasteiger partial charge in [-0.25, -0.2) is 4.99 Å². The monoisotopic (exact) mass is 391 g/mol. The number of aliphatic imine (C=N–C) groups is 1. The third-order valence-electron chi connectivity index (χ3n) is 5.24. The Labute approximate surface area is 135 Å². The first-order valence-electron chi connectivity index (χ1n) is 7.77. The normalized spacial score (nSPS) is 32.0. The summed E-state index contributed by atoms with van der Waals surface area (Å²) in [4.78, 5) is 9.79. The molecule has 5 rings (SSSR count). The van der Waals surface area contributed by atoms with Crippen LogP contribution in [0, 0.1) is 21.3 Å². The maximum Gasteiger partial charge on any atom is 0.172 e. The summed E-state index contributed by atoms with van der Waals surface area (Å²) < 4.78 is 2.79. The van der Waals surface area contributed by atoms with Gasteiger partial charge in [-0.2, -0.15) is 0 Å². The van der Waals surface area contributed by atoms with Crippen molar-refractivity contribution in [3.05, 3.63) is 40.1 Å². The molecular formula is C17H18IN3. The number of amidine groups is 1. The third kappa shape index (κ3) is 1.77. The van der Waals surface area contributed by atoms with Crippen LogP contribution >= 0.6 is 20.7 Å². The number of nitrogens with zero attached hydrogens (tertiary/aromatic N) is 3. The number of likely N-dealkylation sites (tertiary alicyclic amines) is 1. The molecule has 21 heavy (non-hydrogen) atoms. The highest BCUT2D eigenvalue weighted by molar-refractivity contribution is 14.2. The standard InChI is InChI=1S/C17H18IN3/c1-2-11-12-9-20(10-13(11)12)16-7-8-21-15-6-4-3-5-14(15)18-17(21)19-16/h3-8,11-13H,2,9-10H2,1H3/t11?,12-,13+. The molecule has 1 aliphatic carbocycles. The van der Waals surface area contributed by atoms with Crippen molar-refractivity contribution in [3.8, 4) is 0 Å². The Morgan fingerprint density at radius 3 is 2.86 bits per heavy atom. The smallest absolute Gasteiger partial charge is 0.172 e. The van der Waals surface area contributed by atoms with Crippen LogP contribution in [0.2, 0.25) is 0 Å². The Balaban J connectivity index is 1.40. The Morgan fingerprint density at radius 1 is 1.24 bits per heavy atom. The largest absolute Gasteiger partial charge is 0.356 e. The molecule has 1 aromatic rings. The molecule has 4 aliphatic rings. The molecule has 0 bridgehead atoms. The fourth-order valence-corrected chi connectivity index (χ4v) is 6.74. The van der Waals surface area contributed by atoms with Crippen LogP contribution in [0.4, 0.5) is 5.69 Å². The van der Waals surface area contributed by atoms with E-state index in [1.807, 2.05) is 0 Å². The van der Waals surface area contributed by atoms with E-state index in [0.29, 0.717) is 0 Å². The molecule has 0 N–H and O–H groups in total. The van der Waals surface area contributed by atoms with Gasteiger partial charge in [0.25, 0.3) is 0 Å². The summed E-state index contributed by atoms with van der Waals surface area (Å²) in [5, 5.41) is 0. The fourth-order valence-electron chi connectivity index (χ4n) is 4.07. The minimum Gasteiger partial charge on any atom is -0.356 e. The van der Waals surface area contributed by atoms with E-state index >= 15 is 0 Å². The van der Waals surface area contributed by atoms with Gasteiger partial charge in [0.2, 0.25) is 0 Å². The molecule has 3 heterocycles. The summed E-state index contributed by atoms with van der Waals surface area (Å²) in [5.74, 6) is 4.10. The summed E-state index contributed by atoms with van der Waals surface area (Å²) in [5.41, 5.74) is 1.34. The Hall–Kier alpha value is -1.17. The van der Waals surface area contributed by atoms with Crippen molar-refractivity contribution in [2.45, 2.75) is 13.3 Å². The first-order chi connectivity index (χ1) is 10.3.